The second-order valence-electron chi connectivity index (χ2n) is 5.27. The van der Waals surface area contributed by atoms with E-state index in [-0.39, 0.29) is 0 Å². The standard InChI is InChI=1S/C18H30O3/c1-2-3-14-17(19)15-12-10-8-6-4-5-7-9-11-13-16-18(20)21/h6,8,10,12,15,19H,2-5,7,9,11,13-14,16H2,1H3,(H,20,21)/b8-6+,12-10+,17-15-. The number of hydrogen-bond donors (Lipinski definition) is 2. The van der Waals surface area contributed by atoms with Gasteiger partial charge in [-0.15, -0.1) is 0 Å². The van der Waals surface area contributed by atoms with Crippen molar-refractivity contribution in [1.29, 1.82) is 0 Å². The molecule has 0 unspecified atom stereocenters. The fourth-order valence-electron chi connectivity index (χ4n) is 1.92. The Morgan fingerprint density at radius 2 is 1.57 bits per heavy atom. The van der Waals surface area contributed by atoms with Crippen molar-refractivity contribution < 1.29 is 15.0 Å². The van der Waals surface area contributed by atoms with Crippen molar-refractivity contribution >= 4 is 5.97 Å². The monoisotopic (exact) mass is 294 g/mol. The van der Waals surface area contributed by atoms with Crippen LogP contribution < -0.4 is 0 Å². The van der Waals surface area contributed by atoms with Crippen LogP contribution in [0.15, 0.2) is 36.1 Å². The Kier molecular flexibility index (Phi) is 13.8. The normalized spacial score (nSPS) is 12.5. The summed E-state index contributed by atoms with van der Waals surface area (Å²) in [5.74, 6) is -0.248. The Morgan fingerprint density at radius 1 is 0.857 bits per heavy atom. The summed E-state index contributed by atoms with van der Waals surface area (Å²) in [6.45, 7) is 2.11. The average molecular weight is 294 g/mol. The maximum atomic E-state index is 10.3. The number of carboxylic acids is 1. The van der Waals surface area contributed by atoms with Crippen LogP contribution in [-0.4, -0.2) is 16.2 Å². The van der Waals surface area contributed by atoms with Gasteiger partial charge in [0.1, 0.15) is 0 Å². The molecule has 3 nitrogen and oxygen atoms in total. The van der Waals surface area contributed by atoms with Crippen molar-refractivity contribution in [2.75, 3.05) is 0 Å². The lowest BCUT2D eigenvalue weighted by Gasteiger charge is -1.97. The second kappa shape index (κ2) is 14.9. The second-order valence-corrected chi connectivity index (χ2v) is 5.27. The van der Waals surface area contributed by atoms with Gasteiger partial charge in [0.05, 0.1) is 5.76 Å². The van der Waals surface area contributed by atoms with Crippen LogP contribution in [0.4, 0.5) is 0 Å². The summed E-state index contributed by atoms with van der Waals surface area (Å²) in [6, 6.07) is 0. The van der Waals surface area contributed by atoms with Crippen molar-refractivity contribution in [3.63, 3.8) is 0 Å². The van der Waals surface area contributed by atoms with E-state index in [1.165, 1.54) is 0 Å². The van der Waals surface area contributed by atoms with Crippen LogP contribution in [0.2, 0.25) is 0 Å². The van der Waals surface area contributed by atoms with Crippen molar-refractivity contribution in [2.45, 2.75) is 71.1 Å². The number of allylic oxidation sites excluding steroid dienone is 6. The smallest absolute Gasteiger partial charge is 0.303 e. The van der Waals surface area contributed by atoms with Gasteiger partial charge in [-0.2, -0.15) is 0 Å². The number of hydrogen-bond acceptors (Lipinski definition) is 2. The average Bonchev–Trinajstić information content (AvgIpc) is 2.45. The predicted molar refractivity (Wildman–Crippen MR) is 88.5 cm³/mol. The van der Waals surface area contributed by atoms with Crippen molar-refractivity contribution in [2.24, 2.45) is 0 Å². The van der Waals surface area contributed by atoms with Gasteiger partial charge in [0.25, 0.3) is 0 Å². The van der Waals surface area contributed by atoms with E-state index in [4.69, 9.17) is 5.11 Å². The van der Waals surface area contributed by atoms with Gasteiger partial charge in [0, 0.05) is 12.8 Å². The van der Waals surface area contributed by atoms with E-state index in [0.717, 1.165) is 57.8 Å². The highest BCUT2D eigenvalue weighted by Crippen LogP contribution is 2.07. The fourth-order valence-corrected chi connectivity index (χ4v) is 1.92. The zero-order valence-corrected chi connectivity index (χ0v) is 13.3. The molecular weight excluding hydrogens is 264 g/mol. The van der Waals surface area contributed by atoms with Gasteiger partial charge in [0.2, 0.25) is 0 Å². The van der Waals surface area contributed by atoms with Gasteiger partial charge in [-0.3, -0.25) is 4.79 Å². The molecular formula is C18H30O3. The third kappa shape index (κ3) is 16.4. The zero-order valence-electron chi connectivity index (χ0n) is 13.3. The van der Waals surface area contributed by atoms with E-state index in [9.17, 15) is 9.90 Å². The van der Waals surface area contributed by atoms with Crippen LogP contribution in [0.3, 0.4) is 0 Å². The Hall–Kier alpha value is -1.51. The summed E-state index contributed by atoms with van der Waals surface area (Å²) < 4.78 is 0. The van der Waals surface area contributed by atoms with Gasteiger partial charge >= 0.3 is 5.97 Å². The van der Waals surface area contributed by atoms with Crippen molar-refractivity contribution in [3.8, 4) is 0 Å². The van der Waals surface area contributed by atoms with Crippen LogP contribution >= 0.6 is 0 Å². The SMILES string of the molecule is CCCC/C(O)=C/C=C/C=C/CCCCCCCC(=O)O. The summed E-state index contributed by atoms with van der Waals surface area (Å²) in [5, 5.41) is 18.0. The van der Waals surface area contributed by atoms with E-state index in [2.05, 4.69) is 13.0 Å². The first-order valence-corrected chi connectivity index (χ1v) is 8.10. The molecule has 0 bridgehead atoms. The molecule has 0 aliphatic heterocycles. The number of aliphatic carboxylic acids is 1. The molecule has 0 aliphatic carbocycles. The molecule has 0 aromatic carbocycles. The van der Waals surface area contributed by atoms with E-state index in [1.54, 1.807) is 6.08 Å². The number of carbonyl (C=O) groups is 1. The molecule has 120 valence electrons. The molecule has 0 saturated carbocycles. The highest BCUT2D eigenvalue weighted by atomic mass is 16.4. The minimum Gasteiger partial charge on any atom is -0.512 e. The molecule has 0 spiro atoms. The van der Waals surface area contributed by atoms with E-state index in [0.29, 0.717) is 12.2 Å². The molecule has 0 atom stereocenters. The molecule has 0 rings (SSSR count). The molecule has 2 N–H and O–H groups in total. The third-order valence-corrected chi connectivity index (χ3v) is 3.19. The first-order valence-electron chi connectivity index (χ1n) is 8.10. The van der Waals surface area contributed by atoms with Crippen LogP contribution in [-0.2, 0) is 4.79 Å². The maximum absolute atomic E-state index is 10.3. The topological polar surface area (TPSA) is 57.5 Å². The van der Waals surface area contributed by atoms with Crippen molar-refractivity contribution in [3.05, 3.63) is 36.1 Å². The molecule has 0 radical (unpaired) electrons. The molecule has 21 heavy (non-hydrogen) atoms. The Balaban J connectivity index is 3.45. The maximum Gasteiger partial charge on any atom is 0.303 e. The molecule has 0 heterocycles. The number of aliphatic hydroxyl groups excluding tert-OH is 1. The first-order chi connectivity index (χ1) is 10.2. The largest absolute Gasteiger partial charge is 0.512 e. The molecule has 3 heteroatoms. The minimum absolute atomic E-state index is 0.295. The molecule has 0 fully saturated rings. The number of unbranched alkanes of at least 4 members (excludes halogenated alkanes) is 6. The number of rotatable bonds is 13. The lowest BCUT2D eigenvalue weighted by molar-refractivity contribution is -0.137. The minimum atomic E-state index is -0.695. The lowest BCUT2D eigenvalue weighted by Crippen LogP contribution is -1.93. The van der Waals surface area contributed by atoms with Crippen LogP contribution in [0, 0.1) is 0 Å². The number of aliphatic hydroxyl groups is 1. The Labute approximate surface area is 129 Å². The number of carboxylic acid groups (broad SMARTS) is 1. The summed E-state index contributed by atoms with van der Waals surface area (Å²) in [7, 11) is 0. The summed E-state index contributed by atoms with van der Waals surface area (Å²) in [4.78, 5) is 10.3. The van der Waals surface area contributed by atoms with Gasteiger partial charge < -0.3 is 10.2 Å². The molecule has 0 aliphatic rings. The van der Waals surface area contributed by atoms with Gasteiger partial charge in [-0.05, 0) is 31.8 Å². The Morgan fingerprint density at radius 3 is 2.29 bits per heavy atom. The van der Waals surface area contributed by atoms with Crippen LogP contribution in [0.25, 0.3) is 0 Å². The van der Waals surface area contributed by atoms with E-state index < -0.39 is 5.97 Å². The van der Waals surface area contributed by atoms with E-state index >= 15 is 0 Å². The van der Waals surface area contributed by atoms with E-state index in [1.807, 2.05) is 18.2 Å². The van der Waals surface area contributed by atoms with Gasteiger partial charge in [0.15, 0.2) is 0 Å². The quantitative estimate of drug-likeness (QED) is 0.266. The zero-order chi connectivity index (χ0) is 15.8. The van der Waals surface area contributed by atoms with Crippen LogP contribution in [0.1, 0.15) is 71.1 Å². The summed E-state index contributed by atoms with van der Waals surface area (Å²) in [5.41, 5.74) is 0. The van der Waals surface area contributed by atoms with Gasteiger partial charge in [-0.25, -0.2) is 0 Å². The predicted octanol–water partition coefficient (Wildman–Crippen LogP) is 5.55. The molecule has 0 amide bonds. The fraction of sp³-hybridized carbons (Fsp3) is 0.611. The third-order valence-electron chi connectivity index (χ3n) is 3.19. The Bertz CT molecular complexity index is 340. The molecule has 0 saturated heterocycles. The summed E-state index contributed by atoms with van der Waals surface area (Å²) >= 11 is 0. The lowest BCUT2D eigenvalue weighted by atomic mass is 10.1. The van der Waals surface area contributed by atoms with Crippen molar-refractivity contribution in [1.82, 2.24) is 0 Å². The highest BCUT2D eigenvalue weighted by Gasteiger charge is 1.95. The molecule has 0 aromatic heterocycles. The van der Waals surface area contributed by atoms with Crippen LogP contribution in [0.5, 0.6) is 0 Å². The molecule has 0 aromatic rings. The summed E-state index contributed by atoms with van der Waals surface area (Å²) in [6.07, 6.45) is 19.1. The first kappa shape index (κ1) is 19.5. The highest BCUT2D eigenvalue weighted by molar-refractivity contribution is 5.66. The van der Waals surface area contributed by atoms with Gasteiger partial charge in [-0.1, -0.05) is 56.9 Å².